The molecule has 2 aliphatic rings. The molecular formula is C22H22F4N2O3. The number of piperidine rings is 1. The van der Waals surface area contributed by atoms with E-state index >= 15 is 0 Å². The lowest BCUT2D eigenvalue weighted by Gasteiger charge is -2.43. The van der Waals surface area contributed by atoms with Gasteiger partial charge in [-0.05, 0) is 23.3 Å². The molecule has 2 saturated heterocycles. The summed E-state index contributed by atoms with van der Waals surface area (Å²) in [6.45, 7) is 1.28. The van der Waals surface area contributed by atoms with Crippen molar-refractivity contribution in [3.05, 3.63) is 70.8 Å². The summed E-state index contributed by atoms with van der Waals surface area (Å²) in [4.78, 5) is 13.4. The van der Waals surface area contributed by atoms with Gasteiger partial charge in [-0.15, -0.1) is 0 Å². The smallest absolute Gasteiger partial charge is 0.407 e. The molecule has 0 saturated carbocycles. The number of methoxy groups -OCH3 is 1. The van der Waals surface area contributed by atoms with E-state index in [0.717, 1.165) is 24.3 Å². The van der Waals surface area contributed by atoms with Gasteiger partial charge >= 0.3 is 6.09 Å². The van der Waals surface area contributed by atoms with E-state index in [0.29, 0.717) is 32.5 Å². The largest absolute Gasteiger partial charge is 0.441 e. The Morgan fingerprint density at radius 2 is 1.55 bits per heavy atom. The molecule has 5 nitrogen and oxygen atoms in total. The van der Waals surface area contributed by atoms with Crippen molar-refractivity contribution in [3.8, 4) is 0 Å². The van der Waals surface area contributed by atoms with Crippen molar-refractivity contribution < 1.29 is 31.8 Å². The van der Waals surface area contributed by atoms with Crippen molar-refractivity contribution in [1.82, 2.24) is 10.2 Å². The molecule has 0 bridgehead atoms. The Hall–Kier alpha value is -2.65. The van der Waals surface area contributed by atoms with Crippen LogP contribution in [-0.2, 0) is 9.47 Å². The van der Waals surface area contributed by atoms with Gasteiger partial charge in [-0.25, -0.2) is 22.4 Å². The normalized spacial score (nSPS) is 19.5. The average molecular weight is 438 g/mol. The van der Waals surface area contributed by atoms with E-state index in [1.165, 1.54) is 19.2 Å². The summed E-state index contributed by atoms with van der Waals surface area (Å²) < 4.78 is 67.7. The van der Waals surface area contributed by atoms with Gasteiger partial charge in [0, 0.05) is 45.2 Å². The molecule has 1 amide bonds. The SMILES string of the molecule is COC(C(c1ccc(F)cc1F)c1ccc(F)cc1F)N1CCC2(CC1)CNC(=O)O2. The molecule has 0 aliphatic carbocycles. The van der Waals surface area contributed by atoms with Gasteiger partial charge in [0.25, 0.3) is 0 Å². The van der Waals surface area contributed by atoms with E-state index in [-0.39, 0.29) is 11.1 Å². The molecule has 9 heteroatoms. The molecule has 0 aromatic heterocycles. The maximum atomic E-state index is 14.8. The Morgan fingerprint density at radius 3 is 1.97 bits per heavy atom. The summed E-state index contributed by atoms with van der Waals surface area (Å²) in [5, 5.41) is 2.66. The average Bonchev–Trinajstić information content (AvgIpc) is 3.08. The summed E-state index contributed by atoms with van der Waals surface area (Å²) in [7, 11) is 1.42. The van der Waals surface area contributed by atoms with Gasteiger partial charge in [0.05, 0.1) is 12.5 Å². The van der Waals surface area contributed by atoms with Gasteiger partial charge in [-0.1, -0.05) is 12.1 Å². The first-order valence-electron chi connectivity index (χ1n) is 9.95. The van der Waals surface area contributed by atoms with E-state index in [1.54, 1.807) is 0 Å². The zero-order valence-electron chi connectivity index (χ0n) is 16.8. The Kier molecular flexibility index (Phi) is 5.90. The molecule has 2 heterocycles. The number of benzene rings is 2. The molecule has 31 heavy (non-hydrogen) atoms. The van der Waals surface area contributed by atoms with Crippen molar-refractivity contribution >= 4 is 6.09 Å². The van der Waals surface area contributed by atoms with Gasteiger partial charge in [-0.3, -0.25) is 4.90 Å². The van der Waals surface area contributed by atoms with Crippen LogP contribution < -0.4 is 5.32 Å². The molecule has 166 valence electrons. The predicted octanol–water partition coefficient (Wildman–Crippen LogP) is 3.92. The number of alkyl carbamates (subject to hydrolysis) is 1. The van der Waals surface area contributed by atoms with Crippen LogP contribution in [0.1, 0.15) is 29.9 Å². The monoisotopic (exact) mass is 438 g/mol. The minimum absolute atomic E-state index is 0.0352. The number of hydrogen-bond acceptors (Lipinski definition) is 4. The number of amides is 1. The molecule has 0 radical (unpaired) electrons. The summed E-state index contributed by atoms with van der Waals surface area (Å²) in [6, 6.07) is 6.13. The minimum atomic E-state index is -0.982. The molecule has 2 aromatic rings. The quantitative estimate of drug-likeness (QED) is 0.719. The first-order chi connectivity index (χ1) is 14.8. The second-order valence-electron chi connectivity index (χ2n) is 7.90. The Bertz CT molecular complexity index is 928. The lowest BCUT2D eigenvalue weighted by Crippen LogP contribution is -2.52. The highest BCUT2D eigenvalue weighted by Gasteiger charge is 2.45. The third-order valence-corrected chi connectivity index (χ3v) is 6.06. The van der Waals surface area contributed by atoms with Crippen molar-refractivity contribution in [2.45, 2.75) is 30.6 Å². The lowest BCUT2D eigenvalue weighted by atomic mass is 9.85. The number of halogens is 4. The molecule has 4 rings (SSSR count). The minimum Gasteiger partial charge on any atom is -0.441 e. The topological polar surface area (TPSA) is 50.8 Å². The Labute approximate surface area is 176 Å². The van der Waals surface area contributed by atoms with Crippen LogP contribution in [0.15, 0.2) is 36.4 Å². The summed E-state index contributed by atoms with van der Waals surface area (Å²) in [5.74, 6) is -4.20. The van der Waals surface area contributed by atoms with Gasteiger partial charge in [0.15, 0.2) is 0 Å². The van der Waals surface area contributed by atoms with E-state index in [4.69, 9.17) is 9.47 Å². The van der Waals surface area contributed by atoms with Crippen LogP contribution in [0.25, 0.3) is 0 Å². The van der Waals surface area contributed by atoms with Crippen molar-refractivity contribution in [2.75, 3.05) is 26.7 Å². The third kappa shape index (κ3) is 4.24. The zero-order chi connectivity index (χ0) is 22.2. The zero-order valence-corrected chi connectivity index (χ0v) is 16.8. The first kappa shape index (κ1) is 21.6. The first-order valence-corrected chi connectivity index (χ1v) is 9.95. The molecule has 2 aromatic carbocycles. The van der Waals surface area contributed by atoms with Gasteiger partial charge in [0.1, 0.15) is 35.1 Å². The number of ether oxygens (including phenoxy) is 2. The van der Waals surface area contributed by atoms with Crippen molar-refractivity contribution in [2.24, 2.45) is 0 Å². The van der Waals surface area contributed by atoms with Crippen LogP contribution in [0.3, 0.4) is 0 Å². The van der Waals surface area contributed by atoms with Crippen LogP contribution in [0.5, 0.6) is 0 Å². The molecule has 1 N–H and O–H groups in total. The van der Waals surface area contributed by atoms with Crippen LogP contribution >= 0.6 is 0 Å². The fourth-order valence-corrected chi connectivity index (χ4v) is 4.45. The standard InChI is InChI=1S/C22H22F4N2O3/c1-30-20(28-8-6-22(7-9-28)12-27-21(29)31-22)19(15-4-2-13(23)10-17(15)25)16-5-3-14(24)11-18(16)26/h2-5,10-11,19-20H,6-9,12H2,1H3,(H,27,29). The van der Waals surface area contributed by atoms with E-state index in [1.807, 2.05) is 4.90 Å². The number of likely N-dealkylation sites (tertiary alicyclic amines) is 1. The molecule has 2 aliphatic heterocycles. The molecule has 1 atom stereocenters. The molecule has 1 unspecified atom stereocenters. The highest BCUT2D eigenvalue weighted by atomic mass is 19.1. The van der Waals surface area contributed by atoms with E-state index in [2.05, 4.69) is 5.32 Å². The van der Waals surface area contributed by atoms with E-state index < -0.39 is 47.1 Å². The number of carbonyl (C=O) groups is 1. The number of carbonyl (C=O) groups excluding carboxylic acids is 1. The third-order valence-electron chi connectivity index (χ3n) is 6.06. The number of rotatable bonds is 5. The molecule has 2 fully saturated rings. The number of nitrogens with one attached hydrogen (secondary N) is 1. The summed E-state index contributed by atoms with van der Waals surface area (Å²) >= 11 is 0. The van der Waals surface area contributed by atoms with Crippen molar-refractivity contribution in [1.29, 1.82) is 0 Å². The van der Waals surface area contributed by atoms with Crippen LogP contribution in [-0.4, -0.2) is 49.6 Å². The van der Waals surface area contributed by atoms with Gasteiger partial charge in [-0.2, -0.15) is 0 Å². The van der Waals surface area contributed by atoms with Crippen LogP contribution in [0, 0.1) is 23.3 Å². The highest BCUT2D eigenvalue weighted by Crippen LogP contribution is 2.38. The van der Waals surface area contributed by atoms with Gasteiger partial charge in [0.2, 0.25) is 0 Å². The summed E-state index contributed by atoms with van der Waals surface area (Å²) in [6.07, 6.45) is -0.259. The fraction of sp³-hybridized carbons (Fsp3) is 0.409. The number of hydrogen-bond donors (Lipinski definition) is 1. The fourth-order valence-electron chi connectivity index (χ4n) is 4.45. The second-order valence-corrected chi connectivity index (χ2v) is 7.90. The second kappa shape index (κ2) is 8.47. The van der Waals surface area contributed by atoms with E-state index in [9.17, 15) is 22.4 Å². The molecular weight excluding hydrogens is 416 g/mol. The summed E-state index contributed by atoms with van der Waals surface area (Å²) in [5.41, 5.74) is -0.537. The lowest BCUT2D eigenvalue weighted by molar-refractivity contribution is -0.0853. The Morgan fingerprint density at radius 1 is 1.00 bits per heavy atom. The predicted molar refractivity (Wildman–Crippen MR) is 103 cm³/mol. The maximum Gasteiger partial charge on any atom is 0.407 e. The van der Waals surface area contributed by atoms with Crippen LogP contribution in [0.4, 0.5) is 22.4 Å². The molecule has 1 spiro atoms. The Balaban J connectivity index is 1.69. The van der Waals surface area contributed by atoms with Crippen LogP contribution in [0.2, 0.25) is 0 Å². The maximum absolute atomic E-state index is 14.8. The van der Waals surface area contributed by atoms with Gasteiger partial charge < -0.3 is 14.8 Å². The number of nitrogens with zero attached hydrogens (tertiary/aromatic N) is 1. The van der Waals surface area contributed by atoms with Crippen molar-refractivity contribution in [3.63, 3.8) is 0 Å². The highest BCUT2D eigenvalue weighted by molar-refractivity contribution is 5.70.